The molecule has 3 N–H and O–H groups in total. The van der Waals surface area contributed by atoms with Crippen LogP contribution in [0.5, 0.6) is 17.2 Å². The van der Waals surface area contributed by atoms with Crippen LogP contribution in [-0.4, -0.2) is 24.6 Å². The first-order valence-corrected chi connectivity index (χ1v) is 10.1. The van der Waals surface area contributed by atoms with Crippen molar-refractivity contribution in [3.8, 4) is 17.2 Å². The zero-order chi connectivity index (χ0) is 22.2. The average Bonchev–Trinajstić information content (AvgIpc) is 2.77. The number of nitrogens with zero attached hydrogens (tertiary/aromatic N) is 1. The van der Waals surface area contributed by atoms with Gasteiger partial charge in [-0.1, -0.05) is 19.1 Å². The molecule has 0 bridgehead atoms. The van der Waals surface area contributed by atoms with Crippen molar-refractivity contribution in [2.75, 3.05) is 24.8 Å². The second kappa shape index (κ2) is 10.4. The first-order chi connectivity index (χ1) is 15.0. The maximum absolute atomic E-state index is 12.7. The van der Waals surface area contributed by atoms with Crippen LogP contribution < -0.4 is 20.5 Å². The standard InChI is InChI=1S/C24H27N3O4/c1-4-13-30-21-7-5-6-8-22(21)31-18-11-9-17(10-12-18)26-24(28)19-14-16(2)20(15-29-3)27-23(19)25/h5-12,14H,4,13,15H2,1-3H3,(H2,25,27)(H,26,28). The van der Waals surface area contributed by atoms with Crippen LogP contribution in [0.2, 0.25) is 0 Å². The zero-order valence-corrected chi connectivity index (χ0v) is 18.0. The number of nitrogens with one attached hydrogen (secondary N) is 1. The van der Waals surface area contributed by atoms with Gasteiger partial charge in [-0.05, 0) is 61.4 Å². The van der Waals surface area contributed by atoms with E-state index < -0.39 is 0 Å². The third kappa shape index (κ3) is 5.73. The number of hydrogen-bond acceptors (Lipinski definition) is 6. The number of aromatic nitrogens is 1. The number of rotatable bonds is 9. The van der Waals surface area contributed by atoms with Crippen LogP contribution >= 0.6 is 0 Å². The molecule has 1 amide bonds. The molecule has 0 saturated heterocycles. The highest BCUT2D eigenvalue weighted by Crippen LogP contribution is 2.32. The second-order valence-electron chi connectivity index (χ2n) is 6.99. The number of carbonyl (C=O) groups is 1. The summed E-state index contributed by atoms with van der Waals surface area (Å²) < 4.78 is 16.8. The molecule has 0 unspecified atom stereocenters. The minimum absolute atomic E-state index is 0.166. The van der Waals surface area contributed by atoms with Crippen molar-refractivity contribution in [3.63, 3.8) is 0 Å². The Morgan fingerprint density at radius 1 is 1.10 bits per heavy atom. The number of aryl methyl sites for hydroxylation is 1. The van der Waals surface area contributed by atoms with Gasteiger partial charge in [-0.25, -0.2) is 4.98 Å². The predicted octanol–water partition coefficient (Wildman–Crippen LogP) is 4.95. The fourth-order valence-electron chi connectivity index (χ4n) is 2.93. The lowest BCUT2D eigenvalue weighted by atomic mass is 10.1. The normalized spacial score (nSPS) is 10.5. The summed E-state index contributed by atoms with van der Waals surface area (Å²) in [5.74, 6) is 1.80. The molecule has 0 atom stereocenters. The fourth-order valence-corrected chi connectivity index (χ4v) is 2.93. The summed E-state index contributed by atoms with van der Waals surface area (Å²) in [5, 5.41) is 2.84. The minimum Gasteiger partial charge on any atom is -0.490 e. The molecule has 1 heterocycles. The van der Waals surface area contributed by atoms with Gasteiger partial charge < -0.3 is 25.3 Å². The molecule has 0 aliphatic rings. The molecule has 0 radical (unpaired) electrons. The molecule has 1 aromatic heterocycles. The average molecular weight is 421 g/mol. The van der Waals surface area contributed by atoms with E-state index in [1.165, 1.54) is 0 Å². The number of benzene rings is 2. The van der Waals surface area contributed by atoms with E-state index >= 15 is 0 Å². The Morgan fingerprint density at radius 2 is 1.81 bits per heavy atom. The molecule has 2 aromatic carbocycles. The van der Waals surface area contributed by atoms with Crippen LogP contribution in [0, 0.1) is 6.92 Å². The summed E-state index contributed by atoms with van der Waals surface area (Å²) in [6.45, 7) is 4.88. The highest BCUT2D eigenvalue weighted by molar-refractivity contribution is 6.07. The highest BCUT2D eigenvalue weighted by Gasteiger charge is 2.14. The molecular formula is C24H27N3O4. The van der Waals surface area contributed by atoms with Gasteiger partial charge in [0, 0.05) is 12.8 Å². The Bertz CT molecular complexity index is 1040. The maximum atomic E-state index is 12.7. The lowest BCUT2D eigenvalue weighted by molar-refractivity contribution is 0.102. The van der Waals surface area contributed by atoms with E-state index in [0.29, 0.717) is 47.4 Å². The summed E-state index contributed by atoms with van der Waals surface area (Å²) in [6, 6.07) is 16.3. The van der Waals surface area contributed by atoms with Gasteiger partial charge in [-0.15, -0.1) is 0 Å². The topological polar surface area (TPSA) is 95.7 Å². The second-order valence-corrected chi connectivity index (χ2v) is 6.99. The molecule has 0 saturated carbocycles. The Kier molecular flexibility index (Phi) is 7.45. The minimum atomic E-state index is -0.330. The Labute approximate surface area is 182 Å². The summed E-state index contributed by atoms with van der Waals surface area (Å²) in [6.07, 6.45) is 0.914. The van der Waals surface area contributed by atoms with Gasteiger partial charge in [0.1, 0.15) is 11.6 Å². The first-order valence-electron chi connectivity index (χ1n) is 10.1. The number of ether oxygens (including phenoxy) is 3. The largest absolute Gasteiger partial charge is 0.490 e. The van der Waals surface area contributed by atoms with Crippen LogP contribution in [0.4, 0.5) is 11.5 Å². The molecule has 7 heteroatoms. The van der Waals surface area contributed by atoms with Gasteiger partial charge in [-0.3, -0.25) is 4.79 Å². The van der Waals surface area contributed by atoms with Gasteiger partial charge in [0.05, 0.1) is 24.5 Å². The summed E-state index contributed by atoms with van der Waals surface area (Å²) >= 11 is 0. The molecular weight excluding hydrogens is 394 g/mol. The molecule has 3 aromatic rings. The molecule has 0 spiro atoms. The molecule has 31 heavy (non-hydrogen) atoms. The van der Waals surface area contributed by atoms with E-state index in [-0.39, 0.29) is 11.7 Å². The van der Waals surface area contributed by atoms with E-state index in [2.05, 4.69) is 17.2 Å². The van der Waals surface area contributed by atoms with Crippen molar-refractivity contribution >= 4 is 17.4 Å². The predicted molar refractivity (Wildman–Crippen MR) is 121 cm³/mol. The smallest absolute Gasteiger partial charge is 0.259 e. The van der Waals surface area contributed by atoms with Crippen LogP contribution in [0.3, 0.4) is 0 Å². The number of nitrogen functional groups attached to an aromatic ring is 1. The number of carbonyl (C=O) groups excluding carboxylic acids is 1. The lowest BCUT2D eigenvalue weighted by Crippen LogP contribution is -2.16. The Morgan fingerprint density at radius 3 is 2.48 bits per heavy atom. The number of para-hydroxylation sites is 2. The number of nitrogens with two attached hydrogens (primary N) is 1. The maximum Gasteiger partial charge on any atom is 0.259 e. The number of anilines is 2. The number of methoxy groups -OCH3 is 1. The van der Waals surface area contributed by atoms with Crippen molar-refractivity contribution in [1.29, 1.82) is 0 Å². The lowest BCUT2D eigenvalue weighted by Gasteiger charge is -2.13. The van der Waals surface area contributed by atoms with Crippen LogP contribution in [0.1, 0.15) is 35.0 Å². The van der Waals surface area contributed by atoms with E-state index in [1.54, 1.807) is 37.4 Å². The molecule has 162 valence electrons. The Balaban J connectivity index is 1.69. The van der Waals surface area contributed by atoms with E-state index in [0.717, 1.165) is 12.0 Å². The zero-order valence-electron chi connectivity index (χ0n) is 18.0. The first kappa shape index (κ1) is 22.1. The van der Waals surface area contributed by atoms with Crippen molar-refractivity contribution in [2.45, 2.75) is 26.9 Å². The van der Waals surface area contributed by atoms with Crippen molar-refractivity contribution in [1.82, 2.24) is 4.98 Å². The van der Waals surface area contributed by atoms with Crippen molar-refractivity contribution in [3.05, 3.63) is 71.4 Å². The van der Waals surface area contributed by atoms with Gasteiger partial charge in [-0.2, -0.15) is 0 Å². The Hall–Kier alpha value is -3.58. The monoisotopic (exact) mass is 421 g/mol. The molecule has 0 fully saturated rings. The van der Waals surface area contributed by atoms with Crippen molar-refractivity contribution in [2.24, 2.45) is 0 Å². The number of hydrogen-bond donors (Lipinski definition) is 2. The fraction of sp³-hybridized carbons (Fsp3) is 0.250. The van der Waals surface area contributed by atoms with Gasteiger partial charge in [0.2, 0.25) is 0 Å². The van der Waals surface area contributed by atoms with Gasteiger partial charge in [0.25, 0.3) is 5.91 Å². The van der Waals surface area contributed by atoms with Crippen LogP contribution in [0.25, 0.3) is 0 Å². The molecule has 0 aliphatic carbocycles. The number of pyridine rings is 1. The summed E-state index contributed by atoms with van der Waals surface area (Å²) in [5.41, 5.74) is 8.46. The summed E-state index contributed by atoms with van der Waals surface area (Å²) in [4.78, 5) is 16.9. The van der Waals surface area contributed by atoms with Crippen LogP contribution in [0.15, 0.2) is 54.6 Å². The quantitative estimate of drug-likeness (QED) is 0.507. The third-order valence-electron chi connectivity index (χ3n) is 4.52. The van der Waals surface area contributed by atoms with Gasteiger partial charge in [0.15, 0.2) is 11.5 Å². The molecule has 0 aliphatic heterocycles. The number of amides is 1. The van der Waals surface area contributed by atoms with Gasteiger partial charge >= 0.3 is 0 Å². The summed E-state index contributed by atoms with van der Waals surface area (Å²) in [7, 11) is 1.59. The van der Waals surface area contributed by atoms with E-state index in [9.17, 15) is 4.79 Å². The van der Waals surface area contributed by atoms with Crippen LogP contribution in [-0.2, 0) is 11.3 Å². The highest BCUT2D eigenvalue weighted by atomic mass is 16.5. The SMILES string of the molecule is CCCOc1ccccc1Oc1ccc(NC(=O)c2cc(C)c(COC)nc2N)cc1. The molecule has 3 rings (SSSR count). The van der Waals surface area contributed by atoms with E-state index in [1.807, 2.05) is 31.2 Å². The molecule has 7 nitrogen and oxygen atoms in total. The van der Waals surface area contributed by atoms with Crippen molar-refractivity contribution < 1.29 is 19.0 Å². The van der Waals surface area contributed by atoms with E-state index in [4.69, 9.17) is 19.9 Å². The third-order valence-corrected chi connectivity index (χ3v) is 4.52.